The maximum absolute atomic E-state index is 12.1. The van der Waals surface area contributed by atoms with E-state index in [0.717, 1.165) is 37.7 Å². The van der Waals surface area contributed by atoms with Crippen LogP contribution in [0.15, 0.2) is 11.6 Å². The zero-order valence-electron chi connectivity index (χ0n) is 25.8. The third-order valence-electron chi connectivity index (χ3n) is 9.97. The number of hydrogen-bond donors (Lipinski definition) is 2. The van der Waals surface area contributed by atoms with Crippen molar-refractivity contribution in [3.05, 3.63) is 11.6 Å². The maximum atomic E-state index is 12.1. The fraction of sp³-hybridized carbons (Fsp3) is 0.889. The van der Waals surface area contributed by atoms with Crippen molar-refractivity contribution in [2.75, 3.05) is 0 Å². The first-order valence-electron chi connectivity index (χ1n) is 15.5. The molecule has 0 spiro atoms. The number of aliphatic hydroxyl groups excluding tert-OH is 2. The van der Waals surface area contributed by atoms with Gasteiger partial charge in [-0.2, -0.15) is 0 Å². The smallest absolute Gasteiger partial charge is 0.155 e. The second-order valence-electron chi connectivity index (χ2n) is 11.3. The van der Waals surface area contributed by atoms with Crippen molar-refractivity contribution in [3.8, 4) is 0 Å². The number of carbonyl (C=O) groups is 1. The Morgan fingerprint density at radius 1 is 1.20 bits per heavy atom. The van der Waals surface area contributed by atoms with Gasteiger partial charge in [-0.1, -0.05) is 40.0 Å². The monoisotopic (exact) mass is 423 g/mol. The van der Waals surface area contributed by atoms with Gasteiger partial charge in [-0.05, 0) is 104 Å². The predicted molar refractivity (Wildman–Crippen MR) is 121 cm³/mol. The Balaban J connectivity index is 1.50. The Morgan fingerprint density at radius 3 is 2.70 bits per heavy atom. The van der Waals surface area contributed by atoms with Crippen molar-refractivity contribution in [1.29, 1.82) is 0 Å². The van der Waals surface area contributed by atoms with Crippen LogP contribution < -0.4 is 0 Å². The van der Waals surface area contributed by atoms with E-state index < -0.39 is 31.8 Å². The summed E-state index contributed by atoms with van der Waals surface area (Å²) in [6, 6.07) is 0. The first-order chi connectivity index (χ1) is 16.9. The van der Waals surface area contributed by atoms with Gasteiger partial charge in [0, 0.05) is 16.0 Å². The fourth-order valence-electron chi connectivity index (χ4n) is 8.27. The van der Waals surface area contributed by atoms with Crippen molar-refractivity contribution in [1.82, 2.24) is 0 Å². The lowest BCUT2D eigenvalue weighted by Crippen LogP contribution is -2.55. The van der Waals surface area contributed by atoms with E-state index in [1.165, 1.54) is 0 Å². The minimum atomic E-state index is -3.13. The van der Waals surface area contributed by atoms with Crippen molar-refractivity contribution in [3.63, 3.8) is 0 Å². The lowest BCUT2D eigenvalue weighted by Gasteiger charge is -2.60. The molecule has 2 N–H and O–H groups in total. The van der Waals surface area contributed by atoms with E-state index in [1.807, 2.05) is 0 Å². The molecule has 3 saturated carbocycles. The number of fused-ring (bicyclic) bond motifs is 5. The highest BCUT2D eigenvalue weighted by atomic mass is 16.3. The summed E-state index contributed by atoms with van der Waals surface area (Å²) in [4.78, 5) is 12.1. The average Bonchev–Trinajstić information content (AvgIpc) is 3.13. The lowest BCUT2D eigenvalue weighted by molar-refractivity contribution is -0.124. The molecular weight excluding hydrogens is 372 g/mol. The van der Waals surface area contributed by atoms with Crippen molar-refractivity contribution in [2.24, 2.45) is 46.3 Å². The van der Waals surface area contributed by atoms with Crippen LogP contribution in [0.5, 0.6) is 0 Å². The van der Waals surface area contributed by atoms with E-state index in [0.29, 0.717) is 37.0 Å². The van der Waals surface area contributed by atoms with E-state index >= 15 is 0 Å². The average molecular weight is 424 g/mol. The first kappa shape index (κ1) is 15.2. The molecule has 3 fully saturated rings. The summed E-state index contributed by atoms with van der Waals surface area (Å²) in [5, 5.41) is 22.0. The Morgan fingerprint density at radius 2 is 1.97 bits per heavy atom. The number of rotatable bonds is 5. The molecular formula is C27H44O3. The molecule has 9 atom stereocenters. The van der Waals surface area contributed by atoms with Crippen LogP contribution in [0.1, 0.15) is 102 Å². The molecule has 1 unspecified atom stereocenters. The first-order valence-corrected chi connectivity index (χ1v) is 12.0. The molecule has 0 radical (unpaired) electrons. The highest BCUT2D eigenvalue weighted by molar-refractivity contribution is 5.91. The quantitative estimate of drug-likeness (QED) is 0.610. The largest absolute Gasteiger partial charge is 0.393 e. The Hall–Kier alpha value is -0.670. The summed E-state index contributed by atoms with van der Waals surface area (Å²) in [6.45, 7) is 0.446. The van der Waals surface area contributed by atoms with Crippen LogP contribution in [-0.2, 0) is 4.79 Å². The van der Waals surface area contributed by atoms with E-state index in [9.17, 15) is 15.0 Å². The lowest BCUT2D eigenvalue weighted by atomic mass is 9.45. The second kappa shape index (κ2) is 8.03. The number of carbonyl (C=O) groups excluding carboxylic acids is 1. The summed E-state index contributed by atoms with van der Waals surface area (Å²) >= 11 is 0. The van der Waals surface area contributed by atoms with Crippen molar-refractivity contribution in [2.45, 2.75) is 104 Å². The number of ketones is 1. The summed E-state index contributed by atoms with van der Waals surface area (Å²) in [5.41, 5.74) is 1.09. The molecule has 0 bridgehead atoms. The Kier molecular flexibility index (Phi) is 4.07. The molecule has 3 nitrogen and oxygen atoms in total. The molecule has 4 aliphatic carbocycles. The normalized spacial score (nSPS) is 50.0. The van der Waals surface area contributed by atoms with E-state index in [2.05, 4.69) is 20.8 Å². The van der Waals surface area contributed by atoms with Crippen LogP contribution in [0, 0.1) is 46.3 Å². The van der Waals surface area contributed by atoms with Gasteiger partial charge in [0.25, 0.3) is 0 Å². The SMILES string of the molecule is [2H]C([2H])([2H])C([2H])(C(O)CC[C@@H](C)[C@H]1CC[C@H]2[C@@H]3[C@H](O)CC4=CC(=O)CC[C@]4(C)[C@H]3CC[C@]12C)C([2H])([2H])[2H]. The molecule has 30 heavy (non-hydrogen) atoms. The molecule has 4 rings (SSSR count). The Bertz CT molecular complexity index is 914. The minimum absolute atomic E-state index is 0.000682. The van der Waals surface area contributed by atoms with Gasteiger partial charge < -0.3 is 10.2 Å². The number of hydrogen-bond acceptors (Lipinski definition) is 3. The molecule has 0 aromatic carbocycles. The summed E-state index contributed by atoms with van der Waals surface area (Å²) in [7, 11) is 0. The standard InChI is InChI=1S/C27H44O3/c1-16(2)23(29)9-6-17(3)20-7-8-21-25-22(11-13-27(20,21)5)26(4)12-10-19(28)14-18(26)15-24(25)30/h14,16-17,20-25,29-30H,6-13,15H2,1-5H3/t17-,20-,21+,22+,23?,24-,25+,26+,27-/m1/s1/i1D3,2D3,16D. The highest BCUT2D eigenvalue weighted by Gasteiger charge is 2.61. The van der Waals surface area contributed by atoms with E-state index in [4.69, 9.17) is 9.60 Å². The summed E-state index contributed by atoms with van der Waals surface area (Å²) in [6.07, 6.45) is 5.96. The third kappa shape index (κ3) is 3.52. The topological polar surface area (TPSA) is 57.5 Å². The fourth-order valence-corrected chi connectivity index (χ4v) is 8.27. The molecule has 0 aliphatic heterocycles. The molecule has 0 heterocycles. The van der Waals surface area contributed by atoms with Crippen LogP contribution >= 0.6 is 0 Å². The van der Waals surface area contributed by atoms with Gasteiger partial charge in [-0.3, -0.25) is 4.79 Å². The molecule has 0 aromatic rings. The second-order valence-corrected chi connectivity index (χ2v) is 11.3. The van der Waals surface area contributed by atoms with Gasteiger partial charge in [-0.15, -0.1) is 0 Å². The third-order valence-corrected chi connectivity index (χ3v) is 9.97. The zero-order valence-corrected chi connectivity index (χ0v) is 18.8. The van der Waals surface area contributed by atoms with Crippen LogP contribution in [-0.4, -0.2) is 28.2 Å². The summed E-state index contributed by atoms with van der Waals surface area (Å²) in [5.74, 6) is -1.42. The van der Waals surface area contributed by atoms with Crippen LogP contribution in [0.25, 0.3) is 0 Å². The molecule has 170 valence electrons. The zero-order chi connectivity index (χ0) is 27.8. The van der Waals surface area contributed by atoms with E-state index in [-0.39, 0.29) is 34.9 Å². The minimum Gasteiger partial charge on any atom is -0.393 e. The molecule has 0 amide bonds. The van der Waals surface area contributed by atoms with Gasteiger partial charge in [0.05, 0.1) is 12.2 Å². The van der Waals surface area contributed by atoms with Crippen LogP contribution in [0.3, 0.4) is 0 Å². The number of aliphatic hydroxyl groups is 2. The molecule has 0 aromatic heterocycles. The van der Waals surface area contributed by atoms with Gasteiger partial charge in [0.1, 0.15) is 0 Å². The summed E-state index contributed by atoms with van der Waals surface area (Å²) < 4.78 is 54.2. The molecule has 0 saturated heterocycles. The van der Waals surface area contributed by atoms with Gasteiger partial charge in [0.2, 0.25) is 0 Å². The predicted octanol–water partition coefficient (Wildman–Crippen LogP) is 5.54. The van der Waals surface area contributed by atoms with Crippen molar-refractivity contribution < 1.29 is 24.6 Å². The van der Waals surface area contributed by atoms with Gasteiger partial charge in [0.15, 0.2) is 5.78 Å². The Labute approximate surface area is 193 Å². The highest BCUT2D eigenvalue weighted by Crippen LogP contribution is 2.67. The van der Waals surface area contributed by atoms with Crippen LogP contribution in [0.2, 0.25) is 0 Å². The van der Waals surface area contributed by atoms with Gasteiger partial charge in [-0.25, -0.2) is 0 Å². The van der Waals surface area contributed by atoms with E-state index in [1.54, 1.807) is 6.08 Å². The maximum Gasteiger partial charge on any atom is 0.155 e. The molecule has 4 aliphatic rings. The van der Waals surface area contributed by atoms with Crippen molar-refractivity contribution >= 4 is 5.78 Å². The van der Waals surface area contributed by atoms with Gasteiger partial charge >= 0.3 is 0 Å². The van der Waals surface area contributed by atoms with Crippen LogP contribution in [0.4, 0.5) is 0 Å². The molecule has 3 heteroatoms.